The fourth-order valence-corrected chi connectivity index (χ4v) is 4.53. The zero-order chi connectivity index (χ0) is 28.5. The first-order valence-corrected chi connectivity index (χ1v) is 13.0. The second kappa shape index (κ2) is 13.3. The molecule has 0 aliphatic carbocycles. The number of amides is 3. The normalized spacial score (nSPS) is 12.3. The summed E-state index contributed by atoms with van der Waals surface area (Å²) in [6, 6.07) is 21.8. The molecule has 3 aromatic carbocycles. The molecule has 207 valence electrons. The van der Waals surface area contributed by atoms with Crippen molar-refractivity contribution in [2.24, 2.45) is 0 Å². The maximum Gasteiger partial charge on any atom is 0.258 e. The fraction of sp³-hybridized carbons (Fsp3) is 0.258. The topological polar surface area (TPSA) is 111 Å². The minimum Gasteiger partial charge on any atom is -0.496 e. The van der Waals surface area contributed by atoms with Crippen LogP contribution in [0.4, 0.5) is 11.4 Å². The lowest BCUT2D eigenvalue weighted by molar-refractivity contribution is -0.131. The maximum atomic E-state index is 13.0. The highest BCUT2D eigenvalue weighted by molar-refractivity contribution is 5.88. The maximum absolute atomic E-state index is 13.0. The number of hydrogen-bond donors (Lipinski definition) is 2. The van der Waals surface area contributed by atoms with Gasteiger partial charge in [0.2, 0.25) is 11.8 Å². The van der Waals surface area contributed by atoms with Crippen LogP contribution in [0.2, 0.25) is 0 Å². The molecule has 2 N–H and O–H groups in total. The average molecular weight is 542 g/mol. The van der Waals surface area contributed by atoms with Gasteiger partial charge in [0.1, 0.15) is 11.5 Å². The summed E-state index contributed by atoms with van der Waals surface area (Å²) in [4.78, 5) is 38.6. The van der Waals surface area contributed by atoms with Crippen molar-refractivity contribution in [3.8, 4) is 11.5 Å². The first-order valence-electron chi connectivity index (χ1n) is 13.0. The van der Waals surface area contributed by atoms with Crippen molar-refractivity contribution in [2.45, 2.75) is 32.9 Å². The molecular weight excluding hydrogens is 508 g/mol. The Morgan fingerprint density at radius 1 is 0.950 bits per heavy atom. The van der Waals surface area contributed by atoms with E-state index < -0.39 is 6.04 Å². The second-order valence-corrected chi connectivity index (χ2v) is 9.47. The molecule has 4 rings (SSSR count). The minimum atomic E-state index is -0.399. The summed E-state index contributed by atoms with van der Waals surface area (Å²) in [6.07, 6.45) is 2.29. The van der Waals surface area contributed by atoms with Gasteiger partial charge in [-0.15, -0.1) is 0 Å². The molecule has 1 aliphatic heterocycles. The van der Waals surface area contributed by atoms with Crippen molar-refractivity contribution in [3.63, 3.8) is 0 Å². The number of fused-ring (bicyclic) bond motifs is 1. The smallest absolute Gasteiger partial charge is 0.258 e. The number of ether oxygens (including phenoxy) is 2. The van der Waals surface area contributed by atoms with E-state index in [4.69, 9.17) is 9.47 Å². The lowest BCUT2D eigenvalue weighted by Crippen LogP contribution is -2.46. The van der Waals surface area contributed by atoms with Gasteiger partial charge in [0.15, 0.2) is 6.61 Å². The Kier molecular flexibility index (Phi) is 9.40. The van der Waals surface area contributed by atoms with E-state index in [0.717, 1.165) is 22.4 Å². The lowest BCUT2D eigenvalue weighted by atomic mass is 9.99. The van der Waals surface area contributed by atoms with Crippen molar-refractivity contribution in [1.82, 2.24) is 15.5 Å². The van der Waals surface area contributed by atoms with Crippen LogP contribution < -0.4 is 25.4 Å². The first kappa shape index (κ1) is 28.2. The molecule has 0 saturated heterocycles. The number of rotatable bonds is 12. The third kappa shape index (κ3) is 7.63. The lowest BCUT2D eigenvalue weighted by Gasteiger charge is -2.28. The molecule has 1 heterocycles. The van der Waals surface area contributed by atoms with Crippen LogP contribution in [0.15, 0.2) is 79.0 Å². The Balaban J connectivity index is 1.46. The fourth-order valence-electron chi connectivity index (χ4n) is 4.53. The van der Waals surface area contributed by atoms with Crippen molar-refractivity contribution < 1.29 is 23.9 Å². The number of methoxy groups -OCH3 is 1. The van der Waals surface area contributed by atoms with E-state index in [1.54, 1.807) is 36.3 Å². The average Bonchev–Trinajstić information content (AvgIpc) is 3.34. The van der Waals surface area contributed by atoms with Crippen LogP contribution in [0, 0.1) is 0 Å². The minimum absolute atomic E-state index is 0.119. The Hall–Kier alpha value is -4.79. The van der Waals surface area contributed by atoms with Gasteiger partial charge in [-0.1, -0.05) is 36.4 Å². The van der Waals surface area contributed by atoms with Crippen molar-refractivity contribution >= 4 is 34.7 Å². The number of benzene rings is 3. The predicted octanol–water partition coefficient (Wildman–Crippen LogP) is 4.25. The van der Waals surface area contributed by atoms with E-state index in [-0.39, 0.29) is 30.9 Å². The van der Waals surface area contributed by atoms with E-state index in [1.807, 2.05) is 54.7 Å². The van der Waals surface area contributed by atoms with Crippen LogP contribution in [0.25, 0.3) is 5.57 Å². The number of hydrogen-bond acceptors (Lipinski definition) is 5. The van der Waals surface area contributed by atoms with Gasteiger partial charge in [-0.2, -0.15) is 0 Å². The van der Waals surface area contributed by atoms with E-state index in [9.17, 15) is 14.4 Å². The summed E-state index contributed by atoms with van der Waals surface area (Å²) in [5.41, 5.74) is 4.38. The predicted molar refractivity (Wildman–Crippen MR) is 153 cm³/mol. The number of anilines is 1. The standard InChI is InChI=1S/C31H33N4O5/c1-21(36)33-25-12-14-27(15-13-25)40-20-31(38)34-26(16-24-17-32-29-10-6-5-9-28(24)29)19-35(22(2)37)18-23-8-4-7-11-30(23)39-3/h4-15,17,26H,16,18-20H2,1-3H3,(H,33,36)(H,34,38). The summed E-state index contributed by atoms with van der Waals surface area (Å²) in [6.45, 7) is 3.36. The molecule has 1 radical (unpaired) electrons. The molecule has 3 aromatic rings. The Labute approximate surface area is 234 Å². The van der Waals surface area contributed by atoms with Crippen molar-refractivity contribution in [2.75, 3.05) is 25.6 Å². The molecule has 9 nitrogen and oxygen atoms in total. The highest BCUT2D eigenvalue weighted by Crippen LogP contribution is 2.33. The molecule has 1 unspecified atom stereocenters. The summed E-state index contributed by atoms with van der Waals surface area (Å²) in [7, 11) is 1.60. The molecular formula is C31H33N4O5. The first-order chi connectivity index (χ1) is 19.3. The van der Waals surface area contributed by atoms with E-state index in [1.165, 1.54) is 13.8 Å². The van der Waals surface area contributed by atoms with Gasteiger partial charge in [0.05, 0.1) is 18.8 Å². The zero-order valence-corrected chi connectivity index (χ0v) is 22.8. The van der Waals surface area contributed by atoms with E-state index in [0.29, 0.717) is 30.2 Å². The van der Waals surface area contributed by atoms with Crippen LogP contribution in [0.5, 0.6) is 11.5 Å². The molecule has 3 amide bonds. The van der Waals surface area contributed by atoms with Crippen molar-refractivity contribution in [3.05, 3.63) is 90.1 Å². The van der Waals surface area contributed by atoms with Crippen LogP contribution >= 0.6 is 0 Å². The zero-order valence-electron chi connectivity index (χ0n) is 22.8. The molecule has 1 aliphatic rings. The van der Waals surface area contributed by atoms with Gasteiger partial charge in [-0.25, -0.2) is 0 Å². The van der Waals surface area contributed by atoms with Crippen molar-refractivity contribution in [1.29, 1.82) is 0 Å². The Morgan fingerprint density at radius 2 is 1.68 bits per heavy atom. The van der Waals surface area contributed by atoms with Gasteiger partial charge >= 0.3 is 0 Å². The summed E-state index contributed by atoms with van der Waals surface area (Å²) in [5, 5.41) is 10.2. The van der Waals surface area contributed by atoms with Crippen LogP contribution in [0.1, 0.15) is 31.4 Å². The van der Waals surface area contributed by atoms with E-state index >= 15 is 0 Å². The number of carbonyl (C=O) groups excluding carboxylic acids is 3. The van der Waals surface area contributed by atoms with Gasteiger partial charge in [-0.05, 0) is 48.4 Å². The number of nitrogens with one attached hydrogen (secondary N) is 2. The monoisotopic (exact) mass is 541 g/mol. The molecule has 0 fully saturated rings. The summed E-state index contributed by atoms with van der Waals surface area (Å²) in [5.74, 6) is 0.580. The Bertz CT molecular complexity index is 1390. The number of carbonyl (C=O) groups is 3. The van der Waals surface area contributed by atoms with Gasteiger partial charge in [-0.3, -0.25) is 19.7 Å². The van der Waals surface area contributed by atoms with E-state index in [2.05, 4.69) is 16.0 Å². The summed E-state index contributed by atoms with van der Waals surface area (Å²) < 4.78 is 11.2. The highest BCUT2D eigenvalue weighted by Gasteiger charge is 2.24. The SMILES string of the molecule is COc1ccccc1CN(CC(CC1=C[N]c2ccccc21)NC(=O)COc1ccc(NC(C)=O)cc1)C(C)=O. The number of para-hydroxylation sites is 2. The Morgan fingerprint density at radius 3 is 2.40 bits per heavy atom. The largest absolute Gasteiger partial charge is 0.496 e. The second-order valence-electron chi connectivity index (χ2n) is 9.47. The molecule has 40 heavy (non-hydrogen) atoms. The highest BCUT2D eigenvalue weighted by atomic mass is 16.5. The van der Waals surface area contributed by atoms with Crippen LogP contribution in [0.3, 0.4) is 0 Å². The number of nitrogens with zero attached hydrogens (tertiary/aromatic N) is 2. The summed E-state index contributed by atoms with van der Waals surface area (Å²) >= 11 is 0. The van der Waals surface area contributed by atoms with Gasteiger partial charge < -0.3 is 25.0 Å². The third-order valence-corrected chi connectivity index (χ3v) is 6.43. The molecule has 9 heteroatoms. The van der Waals surface area contributed by atoms with Gasteiger partial charge in [0.25, 0.3) is 5.91 Å². The molecule has 0 aromatic heterocycles. The molecule has 0 bridgehead atoms. The third-order valence-electron chi connectivity index (χ3n) is 6.43. The van der Waals surface area contributed by atoms with Crippen LogP contribution in [-0.4, -0.2) is 48.9 Å². The molecule has 1 atom stereocenters. The molecule has 0 saturated carbocycles. The van der Waals surface area contributed by atoms with Crippen LogP contribution in [-0.2, 0) is 20.9 Å². The van der Waals surface area contributed by atoms with Gasteiger partial charge in [0, 0.05) is 50.0 Å². The quantitative estimate of drug-likeness (QED) is 0.356. The molecule has 0 spiro atoms.